The number of hydrogen-bond donors (Lipinski definition) is 0. The van der Waals surface area contributed by atoms with E-state index < -0.39 is 0 Å². The van der Waals surface area contributed by atoms with Crippen LogP contribution in [0.3, 0.4) is 0 Å². The van der Waals surface area contributed by atoms with Gasteiger partial charge in [0, 0.05) is 11.1 Å². The predicted molar refractivity (Wildman–Crippen MR) is 44.2 cm³/mol. The molecule has 0 nitrogen and oxygen atoms in total. The third kappa shape index (κ3) is 0.710. The molecule has 0 bridgehead atoms. The van der Waals surface area contributed by atoms with Crippen molar-refractivity contribution in [2.75, 3.05) is 6.66 Å². The van der Waals surface area contributed by atoms with Gasteiger partial charge >= 0.3 is 0 Å². The number of allylic oxidation sites excluding steroid dienone is 5. The first kappa shape index (κ1) is 5.20. The van der Waals surface area contributed by atoms with Crippen molar-refractivity contribution in [3.8, 4) is 0 Å². The zero-order valence-corrected chi connectivity index (χ0v) is 6.23. The van der Waals surface area contributed by atoms with Crippen molar-refractivity contribution in [3.63, 3.8) is 0 Å². The van der Waals surface area contributed by atoms with Crippen LogP contribution in [0.5, 0.6) is 0 Å². The van der Waals surface area contributed by atoms with E-state index in [1.165, 1.54) is 11.1 Å². The zero-order chi connectivity index (χ0) is 6.27. The molecule has 2 rings (SSSR count). The van der Waals surface area contributed by atoms with Gasteiger partial charge in [0.05, 0.1) is 0 Å². The third-order valence-electron chi connectivity index (χ3n) is 1.57. The predicted octanol–water partition coefficient (Wildman–Crippen LogP) is 2.29. The largest absolute Gasteiger partial charge is 0.122 e. The Labute approximate surface area is 56.0 Å². The summed E-state index contributed by atoms with van der Waals surface area (Å²) in [6.07, 6.45) is 6.47. The molecule has 9 heavy (non-hydrogen) atoms. The third-order valence-corrected chi connectivity index (χ3v) is 2.94. The van der Waals surface area contributed by atoms with Gasteiger partial charge in [-0.05, 0) is 0 Å². The van der Waals surface area contributed by atoms with Gasteiger partial charge in [0.15, 0.2) is 0 Å². The highest BCUT2D eigenvalue weighted by Crippen LogP contribution is 2.35. The van der Waals surface area contributed by atoms with E-state index in [9.17, 15) is 0 Å². The van der Waals surface area contributed by atoms with Crippen LogP contribution in [-0.4, -0.2) is 12.5 Å². The van der Waals surface area contributed by atoms with Gasteiger partial charge in [-0.1, -0.05) is 18.2 Å². The molecule has 0 aromatic heterocycles. The van der Waals surface area contributed by atoms with Crippen LogP contribution in [0.2, 0.25) is 0 Å². The first-order valence-electron chi connectivity index (χ1n) is 3.03. The summed E-state index contributed by atoms with van der Waals surface area (Å²) >= 11 is 0. The van der Waals surface area contributed by atoms with Gasteiger partial charge in [0.25, 0.3) is 0 Å². The van der Waals surface area contributed by atoms with Gasteiger partial charge in [-0.2, -0.15) is 0 Å². The monoisotopic (exact) mass is 135 g/mol. The van der Waals surface area contributed by atoms with E-state index in [1.807, 2.05) is 0 Å². The molecule has 0 aromatic rings. The maximum Gasteiger partial charge on any atom is 0.122 e. The van der Waals surface area contributed by atoms with E-state index in [0.29, 0.717) is 0 Å². The van der Waals surface area contributed by atoms with Crippen LogP contribution < -0.4 is 0 Å². The Morgan fingerprint density at radius 1 is 1.33 bits per heavy atom. The Balaban J connectivity index is 2.53. The number of fused-ring (bicyclic) bond motifs is 1. The number of hydrogen-bond acceptors (Lipinski definition) is 0. The summed E-state index contributed by atoms with van der Waals surface area (Å²) in [5, 5.41) is 0. The summed E-state index contributed by atoms with van der Waals surface area (Å²) in [5.74, 6) is 4.70. The highest BCUT2D eigenvalue weighted by Gasteiger charge is 2.17. The van der Waals surface area contributed by atoms with Crippen LogP contribution in [0.15, 0.2) is 35.2 Å². The lowest BCUT2D eigenvalue weighted by molar-refractivity contribution is 1.77. The molecule has 1 unspecified atom stereocenters. The highest BCUT2D eigenvalue weighted by atomic mass is 31.1. The fourth-order valence-electron chi connectivity index (χ4n) is 1.16. The molecule has 0 saturated carbocycles. The van der Waals surface area contributed by atoms with Gasteiger partial charge in [-0.25, -0.2) is 0 Å². The van der Waals surface area contributed by atoms with Crippen molar-refractivity contribution in [1.82, 2.24) is 0 Å². The summed E-state index contributed by atoms with van der Waals surface area (Å²) in [5.41, 5.74) is 2.87. The lowest BCUT2D eigenvalue weighted by Crippen LogP contribution is -1.73. The SMILES string of the molecule is C[P+]1=CC2=CC=CC2=C1. The lowest BCUT2D eigenvalue weighted by Gasteiger charge is -1.79. The molecule has 0 N–H and O–H groups in total. The van der Waals surface area contributed by atoms with Crippen LogP contribution in [0.4, 0.5) is 0 Å². The molecule has 0 radical (unpaired) electrons. The quantitative estimate of drug-likeness (QED) is 0.447. The molecular weight excluding hydrogens is 127 g/mol. The summed E-state index contributed by atoms with van der Waals surface area (Å²) in [4.78, 5) is 0. The Morgan fingerprint density at radius 3 is 3.00 bits per heavy atom. The maximum absolute atomic E-state index is 2.35. The molecule has 0 saturated heterocycles. The van der Waals surface area contributed by atoms with Crippen molar-refractivity contribution < 1.29 is 0 Å². The van der Waals surface area contributed by atoms with E-state index in [-0.39, 0.29) is 7.55 Å². The summed E-state index contributed by atoms with van der Waals surface area (Å²) < 4.78 is 0. The van der Waals surface area contributed by atoms with E-state index in [0.717, 1.165) is 0 Å². The van der Waals surface area contributed by atoms with Gasteiger partial charge in [0.1, 0.15) is 25.8 Å². The van der Waals surface area contributed by atoms with E-state index in [2.05, 4.69) is 36.5 Å². The minimum atomic E-state index is 0.0952. The Kier molecular flexibility index (Phi) is 0.972. The molecular formula is C8H8P+. The molecule has 0 amide bonds. The molecule has 1 atom stereocenters. The molecule has 0 spiro atoms. The standard InChI is InChI=1S/C8H8P/c1-9-5-7-3-2-4-8(7)6-9/h2-6H,1H3/q+1. The van der Waals surface area contributed by atoms with Crippen molar-refractivity contribution >= 4 is 13.3 Å². The van der Waals surface area contributed by atoms with Crippen LogP contribution >= 0.6 is 7.55 Å². The molecule has 1 aliphatic heterocycles. The van der Waals surface area contributed by atoms with E-state index in [4.69, 9.17) is 0 Å². The Morgan fingerprint density at radius 2 is 2.22 bits per heavy atom. The maximum atomic E-state index is 2.35. The van der Waals surface area contributed by atoms with Gasteiger partial charge in [0.2, 0.25) is 0 Å². The fourth-order valence-corrected chi connectivity index (χ4v) is 2.58. The second-order valence-corrected chi connectivity index (χ2v) is 4.21. The highest BCUT2D eigenvalue weighted by molar-refractivity contribution is 7.60. The average Bonchev–Trinajstić information content (AvgIpc) is 2.22. The van der Waals surface area contributed by atoms with Crippen molar-refractivity contribution in [2.45, 2.75) is 0 Å². The first-order chi connectivity index (χ1) is 4.36. The van der Waals surface area contributed by atoms with Crippen LogP contribution in [0.25, 0.3) is 0 Å². The smallest absolute Gasteiger partial charge is 0.0607 e. The lowest BCUT2D eigenvalue weighted by atomic mass is 10.2. The fraction of sp³-hybridized carbons (Fsp3) is 0.125. The topological polar surface area (TPSA) is 0 Å². The number of rotatable bonds is 0. The van der Waals surface area contributed by atoms with Crippen LogP contribution in [0.1, 0.15) is 0 Å². The first-order valence-corrected chi connectivity index (χ1v) is 4.96. The molecule has 1 heterocycles. The van der Waals surface area contributed by atoms with Crippen molar-refractivity contribution in [2.24, 2.45) is 0 Å². The molecule has 0 aromatic carbocycles. The molecule has 1 heteroatoms. The molecule has 2 aliphatic rings. The summed E-state index contributed by atoms with van der Waals surface area (Å²) in [7, 11) is 0.0952. The van der Waals surface area contributed by atoms with Crippen molar-refractivity contribution in [1.29, 1.82) is 0 Å². The normalized spacial score (nSPS) is 25.2. The average molecular weight is 135 g/mol. The van der Waals surface area contributed by atoms with Crippen LogP contribution in [-0.2, 0) is 0 Å². The second kappa shape index (κ2) is 1.68. The minimum Gasteiger partial charge on any atom is -0.0607 e. The summed E-state index contributed by atoms with van der Waals surface area (Å²) in [6.45, 7) is 2.27. The minimum absolute atomic E-state index is 0.0952. The Hall–Kier alpha value is -0.610. The molecule has 1 aliphatic carbocycles. The molecule has 0 fully saturated rings. The second-order valence-electron chi connectivity index (χ2n) is 2.36. The Bertz CT molecular complexity index is 264. The van der Waals surface area contributed by atoms with Gasteiger partial charge < -0.3 is 0 Å². The van der Waals surface area contributed by atoms with Crippen molar-refractivity contribution in [3.05, 3.63) is 35.2 Å². The van der Waals surface area contributed by atoms with Gasteiger partial charge in [-0.15, -0.1) is 0 Å². The molecule has 44 valence electrons. The zero-order valence-electron chi connectivity index (χ0n) is 5.33. The van der Waals surface area contributed by atoms with E-state index >= 15 is 0 Å². The van der Waals surface area contributed by atoms with Crippen LogP contribution in [0, 0.1) is 0 Å². The van der Waals surface area contributed by atoms with E-state index in [1.54, 1.807) is 0 Å². The van der Waals surface area contributed by atoms with Gasteiger partial charge in [-0.3, -0.25) is 0 Å². The summed E-state index contributed by atoms with van der Waals surface area (Å²) in [6, 6.07) is 0.